The van der Waals surface area contributed by atoms with E-state index in [1.807, 2.05) is 61.5 Å². The van der Waals surface area contributed by atoms with Gasteiger partial charge in [-0.15, -0.1) is 0 Å². The van der Waals surface area contributed by atoms with Crippen LogP contribution in [0, 0.1) is 6.92 Å². The van der Waals surface area contributed by atoms with Crippen LogP contribution in [-0.4, -0.2) is 18.0 Å². The molecule has 0 aliphatic carbocycles. The van der Waals surface area contributed by atoms with Gasteiger partial charge in [0.25, 0.3) is 5.91 Å². The normalized spacial score (nSPS) is 11.5. The fourth-order valence-corrected chi connectivity index (χ4v) is 2.52. The summed E-state index contributed by atoms with van der Waals surface area (Å²) in [6, 6.07) is 20.3. The van der Waals surface area contributed by atoms with Gasteiger partial charge in [0.1, 0.15) is 5.75 Å². The number of hydrogen-bond acceptors (Lipinski definition) is 3. The number of aryl methyl sites for hydroxylation is 1. The number of nitrogens with one attached hydrogen (secondary N) is 3. The van der Waals surface area contributed by atoms with Crippen LogP contribution in [-0.2, 0) is 4.79 Å². The Balaban J connectivity index is 1.50. The maximum atomic E-state index is 12.1. The van der Waals surface area contributed by atoms with E-state index in [1.54, 1.807) is 19.1 Å². The highest BCUT2D eigenvalue weighted by atomic mass is 16.5. The molecule has 0 bridgehead atoms. The molecular weight excluding hydrogens is 342 g/mol. The van der Waals surface area contributed by atoms with E-state index in [2.05, 4.69) is 16.2 Å². The van der Waals surface area contributed by atoms with Crippen LogP contribution >= 0.6 is 0 Å². The molecule has 3 rings (SSSR count). The number of carbonyl (C=O) groups excluding carboxylic acids is 2. The van der Waals surface area contributed by atoms with Crippen molar-refractivity contribution in [3.05, 3.63) is 72.3 Å². The Morgan fingerprint density at radius 2 is 1.59 bits per heavy atom. The van der Waals surface area contributed by atoms with Crippen molar-refractivity contribution in [2.24, 2.45) is 0 Å². The first-order valence-electron chi connectivity index (χ1n) is 8.60. The second-order valence-electron chi connectivity index (χ2n) is 6.20. The molecule has 0 unspecified atom stereocenters. The van der Waals surface area contributed by atoms with E-state index in [1.165, 1.54) is 0 Å². The molecule has 0 saturated heterocycles. The van der Waals surface area contributed by atoms with E-state index < -0.39 is 18.0 Å². The fraction of sp³-hybridized carbons (Fsp3) is 0.143. The van der Waals surface area contributed by atoms with E-state index in [0.29, 0.717) is 11.4 Å². The molecule has 138 valence electrons. The monoisotopic (exact) mass is 363 g/mol. The van der Waals surface area contributed by atoms with Crippen LogP contribution in [0.3, 0.4) is 0 Å². The summed E-state index contributed by atoms with van der Waals surface area (Å²) < 4.78 is 5.66. The Morgan fingerprint density at radius 3 is 2.33 bits per heavy atom. The molecule has 0 spiro atoms. The van der Waals surface area contributed by atoms with Gasteiger partial charge in [0.2, 0.25) is 0 Å². The van der Waals surface area contributed by atoms with Crippen LogP contribution in [0.1, 0.15) is 12.5 Å². The third kappa shape index (κ3) is 4.98. The number of anilines is 1. The molecule has 0 fully saturated rings. The van der Waals surface area contributed by atoms with Crippen LogP contribution in [0.5, 0.6) is 5.75 Å². The van der Waals surface area contributed by atoms with Gasteiger partial charge in [-0.3, -0.25) is 10.2 Å². The SMILES string of the molecule is Cc1ccc(NC(=O)NNC(=O)[C@@H](C)Oc2ccc3ccccc3c2)cc1. The van der Waals surface area contributed by atoms with Crippen molar-refractivity contribution in [2.45, 2.75) is 20.0 Å². The van der Waals surface area contributed by atoms with Gasteiger partial charge in [-0.1, -0.05) is 48.0 Å². The highest BCUT2D eigenvalue weighted by Gasteiger charge is 2.15. The highest BCUT2D eigenvalue weighted by Crippen LogP contribution is 2.21. The molecule has 0 heterocycles. The van der Waals surface area contributed by atoms with Crippen molar-refractivity contribution in [1.82, 2.24) is 10.9 Å². The first kappa shape index (κ1) is 18.3. The Morgan fingerprint density at radius 1 is 0.889 bits per heavy atom. The zero-order valence-electron chi connectivity index (χ0n) is 15.2. The summed E-state index contributed by atoms with van der Waals surface area (Å²) in [6.45, 7) is 3.57. The first-order chi connectivity index (χ1) is 13.0. The molecule has 27 heavy (non-hydrogen) atoms. The lowest BCUT2D eigenvalue weighted by Crippen LogP contribution is -2.48. The minimum absolute atomic E-state index is 0.456. The van der Waals surface area contributed by atoms with Crippen molar-refractivity contribution < 1.29 is 14.3 Å². The van der Waals surface area contributed by atoms with Gasteiger partial charge in [0.05, 0.1) is 0 Å². The molecule has 0 radical (unpaired) electrons. The Bertz CT molecular complexity index is 954. The third-order valence-electron chi connectivity index (χ3n) is 4.01. The van der Waals surface area contributed by atoms with Gasteiger partial charge >= 0.3 is 6.03 Å². The number of benzene rings is 3. The van der Waals surface area contributed by atoms with Gasteiger partial charge in [-0.25, -0.2) is 10.2 Å². The standard InChI is InChI=1S/C21H21N3O3/c1-14-7-10-18(11-8-14)22-21(26)24-23-20(25)15(2)27-19-12-9-16-5-3-4-6-17(16)13-19/h3-13,15H,1-2H3,(H,23,25)(H2,22,24,26)/t15-/m1/s1. The van der Waals surface area contributed by atoms with Crippen LogP contribution in [0.2, 0.25) is 0 Å². The second-order valence-corrected chi connectivity index (χ2v) is 6.20. The predicted molar refractivity (Wildman–Crippen MR) is 106 cm³/mol. The van der Waals surface area contributed by atoms with Crippen LogP contribution in [0.25, 0.3) is 10.8 Å². The quantitative estimate of drug-likeness (QED) is 0.618. The minimum atomic E-state index is -0.772. The molecule has 0 aliphatic rings. The molecule has 6 nitrogen and oxygen atoms in total. The van der Waals surface area contributed by atoms with Gasteiger partial charge in [0, 0.05) is 5.69 Å². The molecule has 3 aromatic carbocycles. The highest BCUT2D eigenvalue weighted by molar-refractivity contribution is 5.91. The number of hydrazine groups is 1. The van der Waals surface area contributed by atoms with Gasteiger partial charge in [0.15, 0.2) is 6.10 Å². The summed E-state index contributed by atoms with van der Waals surface area (Å²) in [5.41, 5.74) is 6.38. The summed E-state index contributed by atoms with van der Waals surface area (Å²) in [7, 11) is 0. The predicted octanol–water partition coefficient (Wildman–Crippen LogP) is 3.77. The lowest BCUT2D eigenvalue weighted by atomic mass is 10.1. The Kier molecular flexibility index (Phi) is 5.56. The van der Waals surface area contributed by atoms with Crippen LogP contribution in [0.15, 0.2) is 66.7 Å². The van der Waals surface area contributed by atoms with Gasteiger partial charge in [-0.2, -0.15) is 0 Å². The summed E-state index contributed by atoms with van der Waals surface area (Å²) in [5, 5.41) is 4.75. The Hall–Kier alpha value is -3.54. The topological polar surface area (TPSA) is 79.5 Å². The minimum Gasteiger partial charge on any atom is -0.481 e. The molecule has 3 N–H and O–H groups in total. The summed E-state index contributed by atoms with van der Waals surface area (Å²) in [5.74, 6) is 0.127. The molecule has 0 aliphatic heterocycles. The average molecular weight is 363 g/mol. The maximum Gasteiger partial charge on any atom is 0.337 e. The summed E-state index contributed by atoms with van der Waals surface area (Å²) in [6.07, 6.45) is -0.772. The zero-order chi connectivity index (χ0) is 19.2. The Labute approximate surface area is 157 Å². The molecule has 6 heteroatoms. The zero-order valence-corrected chi connectivity index (χ0v) is 15.2. The van der Waals surface area contributed by atoms with E-state index in [-0.39, 0.29) is 0 Å². The third-order valence-corrected chi connectivity index (χ3v) is 4.01. The summed E-state index contributed by atoms with van der Waals surface area (Å²) >= 11 is 0. The first-order valence-corrected chi connectivity index (χ1v) is 8.60. The van der Waals surface area contributed by atoms with Crippen molar-refractivity contribution in [1.29, 1.82) is 0 Å². The van der Waals surface area contributed by atoms with Crippen LogP contribution in [0.4, 0.5) is 10.5 Å². The second kappa shape index (κ2) is 8.23. The maximum absolute atomic E-state index is 12.1. The number of urea groups is 1. The van der Waals surface area contributed by atoms with Crippen molar-refractivity contribution in [3.63, 3.8) is 0 Å². The number of fused-ring (bicyclic) bond motifs is 1. The van der Waals surface area contributed by atoms with Crippen molar-refractivity contribution >= 4 is 28.4 Å². The number of ether oxygens (including phenoxy) is 1. The van der Waals surface area contributed by atoms with E-state index >= 15 is 0 Å². The van der Waals surface area contributed by atoms with E-state index in [9.17, 15) is 9.59 Å². The molecule has 3 aromatic rings. The lowest BCUT2D eigenvalue weighted by molar-refractivity contribution is -0.127. The average Bonchev–Trinajstić information content (AvgIpc) is 2.67. The van der Waals surface area contributed by atoms with E-state index in [0.717, 1.165) is 16.3 Å². The van der Waals surface area contributed by atoms with Crippen molar-refractivity contribution in [2.75, 3.05) is 5.32 Å². The molecule has 0 saturated carbocycles. The summed E-state index contributed by atoms with van der Waals surface area (Å²) in [4.78, 5) is 24.0. The molecule has 3 amide bonds. The van der Waals surface area contributed by atoms with Crippen LogP contribution < -0.4 is 20.9 Å². The largest absolute Gasteiger partial charge is 0.481 e. The van der Waals surface area contributed by atoms with E-state index in [4.69, 9.17) is 4.74 Å². The van der Waals surface area contributed by atoms with Gasteiger partial charge in [-0.05, 0) is 48.9 Å². The smallest absolute Gasteiger partial charge is 0.337 e. The van der Waals surface area contributed by atoms with Crippen molar-refractivity contribution in [3.8, 4) is 5.75 Å². The number of amides is 3. The lowest BCUT2D eigenvalue weighted by Gasteiger charge is -2.16. The molecule has 0 aromatic heterocycles. The number of hydrogen-bond donors (Lipinski definition) is 3. The number of rotatable bonds is 4. The van der Waals surface area contributed by atoms with Gasteiger partial charge < -0.3 is 10.1 Å². The fourth-order valence-electron chi connectivity index (χ4n) is 2.52. The molecule has 1 atom stereocenters. The number of carbonyl (C=O) groups is 2. The molecular formula is C21H21N3O3.